The number of anilines is 1. The number of aromatic nitrogens is 1. The van der Waals surface area contributed by atoms with Crippen LogP contribution in [0.2, 0.25) is 0 Å². The first-order chi connectivity index (χ1) is 12.3. The first kappa shape index (κ1) is 18.3. The predicted molar refractivity (Wildman–Crippen MR) is 97.8 cm³/mol. The van der Waals surface area contributed by atoms with E-state index in [2.05, 4.69) is 4.98 Å². The Labute approximate surface area is 152 Å². The predicted octanol–water partition coefficient (Wildman–Crippen LogP) is 2.12. The second kappa shape index (κ2) is 7.00. The number of hydrogen-bond donors (Lipinski definition) is 0. The fourth-order valence-electron chi connectivity index (χ4n) is 2.96. The molecule has 0 spiro atoms. The molecular weight excluding hydrogens is 356 g/mol. The molecule has 0 saturated carbocycles. The van der Waals surface area contributed by atoms with Gasteiger partial charge in [-0.1, -0.05) is 12.1 Å². The van der Waals surface area contributed by atoms with Crippen molar-refractivity contribution < 1.29 is 13.3 Å². The van der Waals surface area contributed by atoms with Crippen molar-refractivity contribution in [1.29, 1.82) is 0 Å². The molecule has 9 heteroatoms. The Hall–Kier alpha value is -2.52. The summed E-state index contributed by atoms with van der Waals surface area (Å²) in [7, 11) is -3.54. The SMILES string of the molecule is Cc1ccc(C)c(S(=O)(=O)N2CCN(c3ccc([N+](=O)[O-])cn3)CC2)c1. The van der Waals surface area contributed by atoms with Crippen LogP contribution < -0.4 is 4.90 Å². The van der Waals surface area contributed by atoms with Gasteiger partial charge >= 0.3 is 0 Å². The molecule has 1 fully saturated rings. The minimum absolute atomic E-state index is 0.0649. The van der Waals surface area contributed by atoms with Crippen LogP contribution in [0, 0.1) is 24.0 Å². The number of rotatable bonds is 4. The van der Waals surface area contributed by atoms with Crippen LogP contribution in [0.15, 0.2) is 41.4 Å². The van der Waals surface area contributed by atoms with Gasteiger partial charge in [-0.15, -0.1) is 0 Å². The van der Waals surface area contributed by atoms with Gasteiger partial charge in [0.05, 0.1) is 9.82 Å². The van der Waals surface area contributed by atoms with E-state index < -0.39 is 14.9 Å². The van der Waals surface area contributed by atoms with Crippen LogP contribution in [0.25, 0.3) is 0 Å². The van der Waals surface area contributed by atoms with E-state index in [0.717, 1.165) is 11.1 Å². The lowest BCUT2D eigenvalue weighted by Crippen LogP contribution is -2.49. The highest BCUT2D eigenvalue weighted by Gasteiger charge is 2.30. The molecule has 3 rings (SSSR count). The van der Waals surface area contributed by atoms with Gasteiger partial charge in [0.1, 0.15) is 12.0 Å². The average Bonchev–Trinajstić information content (AvgIpc) is 2.64. The lowest BCUT2D eigenvalue weighted by molar-refractivity contribution is -0.385. The zero-order valence-corrected chi connectivity index (χ0v) is 15.4. The number of pyridine rings is 1. The van der Waals surface area contributed by atoms with E-state index in [1.807, 2.05) is 24.0 Å². The van der Waals surface area contributed by atoms with Crippen LogP contribution in [-0.2, 0) is 10.0 Å². The fraction of sp³-hybridized carbons (Fsp3) is 0.353. The summed E-state index contributed by atoms with van der Waals surface area (Å²) >= 11 is 0. The number of hydrogen-bond acceptors (Lipinski definition) is 6. The van der Waals surface area contributed by atoms with Crippen molar-refractivity contribution in [2.24, 2.45) is 0 Å². The molecule has 2 aromatic rings. The fourth-order valence-corrected chi connectivity index (χ4v) is 4.69. The van der Waals surface area contributed by atoms with Crippen LogP contribution in [0.5, 0.6) is 0 Å². The molecule has 1 aromatic heterocycles. The van der Waals surface area contributed by atoms with Gasteiger partial charge in [0.2, 0.25) is 10.0 Å². The molecule has 0 atom stereocenters. The van der Waals surface area contributed by atoms with E-state index in [4.69, 9.17) is 0 Å². The molecule has 0 amide bonds. The van der Waals surface area contributed by atoms with Gasteiger partial charge < -0.3 is 4.90 Å². The molecule has 0 radical (unpaired) electrons. The number of nitro groups is 1. The molecule has 0 N–H and O–H groups in total. The maximum Gasteiger partial charge on any atom is 0.287 e. The van der Waals surface area contributed by atoms with E-state index in [-0.39, 0.29) is 5.69 Å². The first-order valence-electron chi connectivity index (χ1n) is 8.22. The van der Waals surface area contributed by atoms with Crippen LogP contribution >= 0.6 is 0 Å². The third-order valence-electron chi connectivity index (χ3n) is 4.47. The summed E-state index contributed by atoms with van der Waals surface area (Å²) in [5.74, 6) is 0.611. The van der Waals surface area contributed by atoms with E-state index >= 15 is 0 Å². The molecule has 138 valence electrons. The van der Waals surface area contributed by atoms with Gasteiger partial charge in [-0.25, -0.2) is 13.4 Å². The molecule has 2 heterocycles. The second-order valence-electron chi connectivity index (χ2n) is 6.29. The Kier molecular flexibility index (Phi) is 4.92. The normalized spacial score (nSPS) is 15.8. The molecule has 1 aromatic carbocycles. The van der Waals surface area contributed by atoms with Crippen molar-refractivity contribution in [3.8, 4) is 0 Å². The Balaban J connectivity index is 1.73. The summed E-state index contributed by atoms with van der Waals surface area (Å²) in [5, 5.41) is 10.7. The van der Waals surface area contributed by atoms with Crippen molar-refractivity contribution in [2.45, 2.75) is 18.7 Å². The maximum absolute atomic E-state index is 12.9. The van der Waals surface area contributed by atoms with Crippen molar-refractivity contribution >= 4 is 21.5 Å². The molecule has 0 unspecified atom stereocenters. The van der Waals surface area contributed by atoms with E-state index in [1.165, 1.54) is 16.6 Å². The number of nitrogens with zero attached hydrogens (tertiary/aromatic N) is 4. The highest BCUT2D eigenvalue weighted by atomic mass is 32.2. The van der Waals surface area contributed by atoms with Crippen molar-refractivity contribution in [2.75, 3.05) is 31.1 Å². The average molecular weight is 376 g/mol. The van der Waals surface area contributed by atoms with Gasteiger partial charge in [0.15, 0.2) is 0 Å². The molecule has 1 saturated heterocycles. The summed E-state index contributed by atoms with van der Waals surface area (Å²) in [6, 6.07) is 8.41. The van der Waals surface area contributed by atoms with Gasteiger partial charge in [-0.2, -0.15) is 4.31 Å². The quantitative estimate of drug-likeness (QED) is 0.599. The van der Waals surface area contributed by atoms with Gasteiger partial charge in [-0.3, -0.25) is 10.1 Å². The first-order valence-corrected chi connectivity index (χ1v) is 9.66. The number of sulfonamides is 1. The lowest BCUT2D eigenvalue weighted by atomic mass is 10.2. The topological polar surface area (TPSA) is 96.7 Å². The molecule has 1 aliphatic rings. The minimum atomic E-state index is -3.54. The Morgan fingerprint density at radius 2 is 1.77 bits per heavy atom. The lowest BCUT2D eigenvalue weighted by Gasteiger charge is -2.34. The summed E-state index contributed by atoms with van der Waals surface area (Å²) in [6.07, 6.45) is 1.22. The Morgan fingerprint density at radius 1 is 1.08 bits per heavy atom. The molecular formula is C17H20N4O4S. The van der Waals surface area contributed by atoms with Crippen LogP contribution in [0.4, 0.5) is 11.5 Å². The zero-order valence-electron chi connectivity index (χ0n) is 14.6. The zero-order chi connectivity index (χ0) is 18.9. The van der Waals surface area contributed by atoms with E-state index in [0.29, 0.717) is 36.9 Å². The van der Waals surface area contributed by atoms with Gasteiger partial charge in [0, 0.05) is 32.2 Å². The third-order valence-corrected chi connectivity index (χ3v) is 6.51. The van der Waals surface area contributed by atoms with E-state index in [9.17, 15) is 18.5 Å². The number of benzene rings is 1. The van der Waals surface area contributed by atoms with Crippen LogP contribution in [-0.4, -0.2) is 48.8 Å². The number of aryl methyl sites for hydroxylation is 2. The standard InChI is InChI=1S/C17H20N4O4S/c1-13-3-4-14(2)16(11-13)26(24,25)20-9-7-19(8-10-20)17-6-5-15(12-18-17)21(22)23/h3-6,11-12H,7-10H2,1-2H3. The summed E-state index contributed by atoms with van der Waals surface area (Å²) in [5.41, 5.74) is 1.57. The molecule has 26 heavy (non-hydrogen) atoms. The molecule has 1 aliphatic heterocycles. The highest BCUT2D eigenvalue weighted by Crippen LogP contribution is 2.24. The summed E-state index contributed by atoms with van der Waals surface area (Å²) < 4.78 is 27.4. The van der Waals surface area contributed by atoms with E-state index in [1.54, 1.807) is 19.1 Å². The van der Waals surface area contributed by atoms with Crippen molar-refractivity contribution in [3.05, 3.63) is 57.8 Å². The maximum atomic E-state index is 12.9. The van der Waals surface area contributed by atoms with Gasteiger partial charge in [-0.05, 0) is 37.1 Å². The largest absolute Gasteiger partial charge is 0.354 e. The molecule has 0 aliphatic carbocycles. The highest BCUT2D eigenvalue weighted by molar-refractivity contribution is 7.89. The Morgan fingerprint density at radius 3 is 2.35 bits per heavy atom. The van der Waals surface area contributed by atoms with Crippen LogP contribution in [0.1, 0.15) is 11.1 Å². The third kappa shape index (κ3) is 3.54. The summed E-state index contributed by atoms with van der Waals surface area (Å²) in [4.78, 5) is 16.6. The minimum Gasteiger partial charge on any atom is -0.354 e. The Bertz CT molecular complexity index is 920. The summed E-state index contributed by atoms with van der Waals surface area (Å²) in [6.45, 7) is 5.31. The van der Waals surface area contributed by atoms with Crippen molar-refractivity contribution in [3.63, 3.8) is 0 Å². The molecule has 0 bridgehead atoms. The van der Waals surface area contributed by atoms with Crippen LogP contribution in [0.3, 0.4) is 0 Å². The molecule has 8 nitrogen and oxygen atoms in total. The van der Waals surface area contributed by atoms with Crippen molar-refractivity contribution in [1.82, 2.24) is 9.29 Å². The van der Waals surface area contributed by atoms with Gasteiger partial charge in [0.25, 0.3) is 5.69 Å². The smallest absolute Gasteiger partial charge is 0.287 e. The second-order valence-corrected chi connectivity index (χ2v) is 8.20. The monoisotopic (exact) mass is 376 g/mol. The number of piperazine rings is 1.